The summed E-state index contributed by atoms with van der Waals surface area (Å²) in [4.78, 5) is 0. The van der Waals surface area contributed by atoms with E-state index in [-0.39, 0.29) is 5.82 Å². The number of nitrogens with zero attached hydrogens (tertiary/aromatic N) is 3. The summed E-state index contributed by atoms with van der Waals surface area (Å²) in [5.74, 6) is 0.267. The Kier molecular flexibility index (Phi) is 3.19. The molecule has 1 aromatic carbocycles. The van der Waals surface area contributed by atoms with E-state index in [2.05, 4.69) is 10.3 Å². The van der Waals surface area contributed by atoms with Crippen molar-refractivity contribution < 1.29 is 4.39 Å². The monoisotopic (exact) mass is 239 g/mol. The van der Waals surface area contributed by atoms with Crippen molar-refractivity contribution in [1.82, 2.24) is 15.0 Å². The summed E-state index contributed by atoms with van der Waals surface area (Å²) in [7, 11) is 0. The summed E-state index contributed by atoms with van der Waals surface area (Å²) >= 11 is 5.62. The van der Waals surface area contributed by atoms with Crippen molar-refractivity contribution >= 4 is 11.6 Å². The zero-order valence-corrected chi connectivity index (χ0v) is 9.58. The summed E-state index contributed by atoms with van der Waals surface area (Å²) in [5, 5.41) is 7.96. The van der Waals surface area contributed by atoms with E-state index in [9.17, 15) is 4.39 Å². The fraction of sp³-hybridized carbons (Fsp3) is 0.273. The van der Waals surface area contributed by atoms with Crippen LogP contribution in [0.15, 0.2) is 24.4 Å². The van der Waals surface area contributed by atoms with Crippen LogP contribution in [0.4, 0.5) is 4.39 Å². The Balaban J connectivity index is 2.35. The number of hydrogen-bond acceptors (Lipinski definition) is 2. The lowest BCUT2D eigenvalue weighted by Gasteiger charge is -2.03. The van der Waals surface area contributed by atoms with Crippen LogP contribution in [0.1, 0.15) is 11.3 Å². The van der Waals surface area contributed by atoms with Crippen molar-refractivity contribution in [1.29, 1.82) is 0 Å². The van der Waals surface area contributed by atoms with Crippen molar-refractivity contribution in [3.05, 3.63) is 41.5 Å². The predicted molar refractivity (Wildman–Crippen MR) is 60.5 cm³/mol. The van der Waals surface area contributed by atoms with E-state index in [0.717, 1.165) is 16.9 Å². The number of rotatable bonds is 3. The van der Waals surface area contributed by atoms with Crippen molar-refractivity contribution in [3.63, 3.8) is 0 Å². The normalized spacial score (nSPS) is 10.7. The molecular formula is C11H11ClFN3. The highest BCUT2D eigenvalue weighted by Gasteiger charge is 2.05. The molecule has 3 nitrogen and oxygen atoms in total. The largest absolute Gasteiger partial charge is 0.220 e. The first-order chi connectivity index (χ1) is 7.70. The zero-order valence-electron chi connectivity index (χ0n) is 8.82. The van der Waals surface area contributed by atoms with Gasteiger partial charge in [0, 0.05) is 12.3 Å². The van der Waals surface area contributed by atoms with Gasteiger partial charge in [0.1, 0.15) is 5.82 Å². The van der Waals surface area contributed by atoms with Gasteiger partial charge in [0.25, 0.3) is 0 Å². The Morgan fingerprint density at radius 2 is 2.25 bits per heavy atom. The number of benzene rings is 1. The Morgan fingerprint density at radius 3 is 2.94 bits per heavy atom. The number of alkyl halides is 1. The molecule has 1 heterocycles. The maximum Gasteiger partial charge on any atom is 0.123 e. The van der Waals surface area contributed by atoms with Gasteiger partial charge in [0.2, 0.25) is 0 Å². The highest BCUT2D eigenvalue weighted by Crippen LogP contribution is 2.14. The molecule has 0 aliphatic carbocycles. The fourth-order valence-electron chi connectivity index (χ4n) is 1.50. The second-order valence-electron chi connectivity index (χ2n) is 3.52. The quantitative estimate of drug-likeness (QED) is 0.771. The van der Waals surface area contributed by atoms with Crippen LogP contribution < -0.4 is 0 Å². The predicted octanol–water partition coefficient (Wildman–Crippen LogP) is 2.50. The lowest BCUT2D eigenvalue weighted by molar-refractivity contribution is 0.625. The summed E-state index contributed by atoms with van der Waals surface area (Å²) in [6, 6.07) is 4.56. The van der Waals surface area contributed by atoms with E-state index >= 15 is 0 Å². The first-order valence-electron chi connectivity index (χ1n) is 4.94. The third-order valence-corrected chi connectivity index (χ3v) is 2.49. The van der Waals surface area contributed by atoms with Gasteiger partial charge in [-0.15, -0.1) is 16.7 Å². The van der Waals surface area contributed by atoms with E-state index in [1.807, 2.05) is 13.1 Å². The van der Waals surface area contributed by atoms with E-state index in [1.54, 1.807) is 10.7 Å². The number of hydrogen-bond donors (Lipinski definition) is 0. The number of aromatic nitrogens is 3. The average Bonchev–Trinajstić information content (AvgIpc) is 2.67. The topological polar surface area (TPSA) is 30.7 Å². The summed E-state index contributed by atoms with van der Waals surface area (Å²) < 4.78 is 14.6. The molecule has 0 saturated carbocycles. The Bertz CT molecular complexity index is 496. The molecule has 0 aliphatic heterocycles. The maximum absolute atomic E-state index is 12.9. The van der Waals surface area contributed by atoms with Gasteiger partial charge in [0.05, 0.1) is 17.6 Å². The highest BCUT2D eigenvalue weighted by molar-refractivity contribution is 6.17. The van der Waals surface area contributed by atoms with Crippen LogP contribution in [0.5, 0.6) is 0 Å². The summed E-state index contributed by atoms with van der Waals surface area (Å²) in [6.45, 7) is 1.83. The lowest BCUT2D eigenvalue weighted by atomic mass is 10.2. The minimum absolute atomic E-state index is 0.248. The molecule has 0 radical (unpaired) electrons. The SMILES string of the molecule is Cc1cc(F)ccc1-n1cc(CCCl)nn1. The third kappa shape index (κ3) is 2.22. The minimum atomic E-state index is -0.248. The van der Waals surface area contributed by atoms with Gasteiger partial charge in [-0.3, -0.25) is 0 Å². The highest BCUT2D eigenvalue weighted by atomic mass is 35.5. The van der Waals surface area contributed by atoms with Gasteiger partial charge in [-0.2, -0.15) is 0 Å². The Morgan fingerprint density at radius 1 is 1.44 bits per heavy atom. The van der Waals surface area contributed by atoms with Gasteiger partial charge in [0.15, 0.2) is 0 Å². The smallest absolute Gasteiger partial charge is 0.123 e. The summed E-state index contributed by atoms with van der Waals surface area (Å²) in [5.41, 5.74) is 2.48. The molecule has 1 aromatic heterocycles. The van der Waals surface area contributed by atoms with Crippen LogP contribution in [0, 0.1) is 12.7 Å². The zero-order chi connectivity index (χ0) is 11.5. The number of halogens is 2. The molecule has 0 bridgehead atoms. The molecule has 5 heteroatoms. The van der Waals surface area contributed by atoms with Crippen LogP contribution >= 0.6 is 11.6 Å². The molecule has 0 unspecified atom stereocenters. The molecule has 2 rings (SSSR count). The van der Waals surface area contributed by atoms with Gasteiger partial charge in [-0.05, 0) is 30.7 Å². The lowest BCUT2D eigenvalue weighted by Crippen LogP contribution is -1.98. The van der Waals surface area contributed by atoms with E-state index in [1.165, 1.54) is 12.1 Å². The molecule has 0 N–H and O–H groups in total. The van der Waals surface area contributed by atoms with Gasteiger partial charge < -0.3 is 0 Å². The van der Waals surface area contributed by atoms with Crippen molar-refractivity contribution in [2.24, 2.45) is 0 Å². The van der Waals surface area contributed by atoms with Crippen LogP contribution in [-0.2, 0) is 6.42 Å². The second kappa shape index (κ2) is 4.61. The van der Waals surface area contributed by atoms with Crippen molar-refractivity contribution in [3.8, 4) is 5.69 Å². The minimum Gasteiger partial charge on any atom is -0.220 e. The van der Waals surface area contributed by atoms with Crippen LogP contribution in [0.3, 0.4) is 0 Å². The average molecular weight is 240 g/mol. The van der Waals surface area contributed by atoms with E-state index in [4.69, 9.17) is 11.6 Å². The van der Waals surface area contributed by atoms with Gasteiger partial charge in [-0.1, -0.05) is 5.21 Å². The summed E-state index contributed by atoms with van der Waals surface area (Å²) in [6.07, 6.45) is 2.49. The van der Waals surface area contributed by atoms with Crippen LogP contribution in [0.2, 0.25) is 0 Å². The first kappa shape index (κ1) is 11.1. The van der Waals surface area contributed by atoms with E-state index in [0.29, 0.717) is 12.3 Å². The molecule has 0 atom stereocenters. The second-order valence-corrected chi connectivity index (χ2v) is 3.90. The molecular weight excluding hydrogens is 229 g/mol. The van der Waals surface area contributed by atoms with E-state index < -0.39 is 0 Å². The van der Waals surface area contributed by atoms with Gasteiger partial charge in [-0.25, -0.2) is 9.07 Å². The number of aryl methyl sites for hydroxylation is 2. The molecule has 0 spiro atoms. The van der Waals surface area contributed by atoms with Crippen LogP contribution in [-0.4, -0.2) is 20.9 Å². The molecule has 0 saturated heterocycles. The maximum atomic E-state index is 12.9. The Hall–Kier alpha value is -1.42. The van der Waals surface area contributed by atoms with Gasteiger partial charge >= 0.3 is 0 Å². The van der Waals surface area contributed by atoms with Crippen molar-refractivity contribution in [2.45, 2.75) is 13.3 Å². The third-order valence-electron chi connectivity index (χ3n) is 2.30. The van der Waals surface area contributed by atoms with Crippen LogP contribution in [0.25, 0.3) is 5.69 Å². The Labute approximate surface area is 97.8 Å². The molecule has 0 fully saturated rings. The molecule has 0 aliphatic rings. The molecule has 2 aromatic rings. The standard InChI is InChI=1S/C11H11ClFN3/c1-8-6-9(13)2-3-11(8)16-7-10(4-5-12)14-15-16/h2-3,6-7H,4-5H2,1H3. The molecule has 16 heavy (non-hydrogen) atoms. The fourth-order valence-corrected chi connectivity index (χ4v) is 1.70. The molecule has 84 valence electrons. The first-order valence-corrected chi connectivity index (χ1v) is 5.48. The van der Waals surface area contributed by atoms with Crippen molar-refractivity contribution in [2.75, 3.05) is 5.88 Å². The molecule has 0 amide bonds.